The minimum absolute atomic E-state index is 0.0564. The molecule has 4 nitrogen and oxygen atoms in total. The summed E-state index contributed by atoms with van der Waals surface area (Å²) in [6, 6.07) is 8.16. The van der Waals surface area contributed by atoms with Gasteiger partial charge < -0.3 is 16.0 Å². The van der Waals surface area contributed by atoms with Crippen molar-refractivity contribution in [1.82, 2.24) is 4.90 Å². The molecule has 20 heavy (non-hydrogen) atoms. The lowest BCUT2D eigenvalue weighted by Gasteiger charge is -2.25. The van der Waals surface area contributed by atoms with Crippen molar-refractivity contribution in [2.45, 2.75) is 46.2 Å². The summed E-state index contributed by atoms with van der Waals surface area (Å²) in [6.07, 6.45) is 1.63. The van der Waals surface area contributed by atoms with E-state index in [-0.39, 0.29) is 5.91 Å². The Balaban J connectivity index is 2.46. The molecule has 112 valence electrons. The van der Waals surface area contributed by atoms with Gasteiger partial charge in [0.2, 0.25) is 5.91 Å². The first kappa shape index (κ1) is 16.7. The second kappa shape index (κ2) is 8.72. The van der Waals surface area contributed by atoms with Crippen molar-refractivity contribution in [1.29, 1.82) is 0 Å². The summed E-state index contributed by atoms with van der Waals surface area (Å²) in [6.45, 7) is 8.81. The smallest absolute Gasteiger partial charge is 0.225 e. The fourth-order valence-corrected chi connectivity index (χ4v) is 2.16. The van der Waals surface area contributed by atoms with Crippen LogP contribution in [0.5, 0.6) is 0 Å². The second-order valence-electron chi connectivity index (χ2n) is 5.33. The van der Waals surface area contributed by atoms with Crippen LogP contribution in [-0.4, -0.2) is 29.9 Å². The van der Waals surface area contributed by atoms with Gasteiger partial charge in [-0.2, -0.15) is 0 Å². The zero-order chi connectivity index (χ0) is 15.0. The number of amides is 1. The van der Waals surface area contributed by atoms with Crippen LogP contribution in [0, 0.1) is 0 Å². The lowest BCUT2D eigenvalue weighted by atomic mass is 10.2. The van der Waals surface area contributed by atoms with Crippen molar-refractivity contribution in [2.24, 2.45) is 5.73 Å². The Labute approximate surface area is 122 Å². The topological polar surface area (TPSA) is 58.4 Å². The number of hydrogen-bond acceptors (Lipinski definition) is 3. The average Bonchev–Trinajstić information content (AvgIpc) is 2.43. The Morgan fingerprint density at radius 2 is 2.10 bits per heavy atom. The van der Waals surface area contributed by atoms with E-state index in [2.05, 4.69) is 31.0 Å². The first-order chi connectivity index (χ1) is 9.56. The van der Waals surface area contributed by atoms with E-state index in [1.807, 2.05) is 24.3 Å². The maximum Gasteiger partial charge on any atom is 0.225 e. The lowest BCUT2D eigenvalue weighted by Crippen LogP contribution is -2.34. The third-order valence-corrected chi connectivity index (χ3v) is 3.31. The van der Waals surface area contributed by atoms with E-state index in [1.165, 1.54) is 0 Å². The minimum Gasteiger partial charge on any atom is -0.326 e. The van der Waals surface area contributed by atoms with Crippen molar-refractivity contribution >= 4 is 11.6 Å². The van der Waals surface area contributed by atoms with Gasteiger partial charge in [-0.1, -0.05) is 19.1 Å². The molecule has 1 amide bonds. The molecule has 0 radical (unpaired) electrons. The highest BCUT2D eigenvalue weighted by Gasteiger charge is 2.10. The maximum absolute atomic E-state index is 12.0. The van der Waals surface area contributed by atoms with Gasteiger partial charge >= 0.3 is 0 Å². The Bertz CT molecular complexity index is 418. The van der Waals surface area contributed by atoms with E-state index in [4.69, 9.17) is 5.73 Å². The summed E-state index contributed by atoms with van der Waals surface area (Å²) in [5.74, 6) is 0.0564. The molecule has 0 aromatic heterocycles. The van der Waals surface area contributed by atoms with Gasteiger partial charge in [0, 0.05) is 31.2 Å². The summed E-state index contributed by atoms with van der Waals surface area (Å²) in [5, 5.41) is 2.93. The van der Waals surface area contributed by atoms with E-state index in [0.29, 0.717) is 19.0 Å². The van der Waals surface area contributed by atoms with Gasteiger partial charge in [0.25, 0.3) is 0 Å². The third kappa shape index (κ3) is 5.72. The van der Waals surface area contributed by atoms with Gasteiger partial charge in [0.15, 0.2) is 0 Å². The van der Waals surface area contributed by atoms with Gasteiger partial charge in [-0.05, 0) is 44.5 Å². The van der Waals surface area contributed by atoms with Crippen LogP contribution < -0.4 is 11.1 Å². The lowest BCUT2D eigenvalue weighted by molar-refractivity contribution is -0.116. The van der Waals surface area contributed by atoms with Crippen LogP contribution in [0.3, 0.4) is 0 Å². The number of hydrogen-bond donors (Lipinski definition) is 2. The van der Waals surface area contributed by atoms with E-state index < -0.39 is 0 Å². The largest absolute Gasteiger partial charge is 0.326 e. The molecule has 4 heteroatoms. The SMILES string of the molecule is CCCN(CCC(=O)Nc1cccc(CN)c1)C(C)C. The molecule has 1 aromatic rings. The molecule has 0 fully saturated rings. The van der Waals surface area contributed by atoms with Crippen LogP contribution in [0.1, 0.15) is 39.2 Å². The number of carbonyl (C=O) groups excluding carboxylic acids is 1. The van der Waals surface area contributed by atoms with Gasteiger partial charge in [-0.3, -0.25) is 4.79 Å². The zero-order valence-corrected chi connectivity index (χ0v) is 12.9. The number of nitrogens with one attached hydrogen (secondary N) is 1. The van der Waals surface area contributed by atoms with Crippen molar-refractivity contribution in [2.75, 3.05) is 18.4 Å². The molecule has 0 aliphatic heterocycles. The minimum atomic E-state index is 0.0564. The first-order valence-corrected chi connectivity index (χ1v) is 7.39. The van der Waals surface area contributed by atoms with E-state index in [0.717, 1.165) is 30.8 Å². The van der Waals surface area contributed by atoms with Crippen LogP contribution >= 0.6 is 0 Å². The normalized spacial score (nSPS) is 11.1. The highest BCUT2D eigenvalue weighted by Crippen LogP contribution is 2.11. The van der Waals surface area contributed by atoms with E-state index >= 15 is 0 Å². The summed E-state index contributed by atoms with van der Waals surface area (Å²) in [7, 11) is 0. The predicted molar refractivity (Wildman–Crippen MR) is 84.6 cm³/mol. The fraction of sp³-hybridized carbons (Fsp3) is 0.562. The van der Waals surface area contributed by atoms with Crippen molar-refractivity contribution in [3.05, 3.63) is 29.8 Å². The highest BCUT2D eigenvalue weighted by atomic mass is 16.1. The van der Waals surface area contributed by atoms with E-state index in [1.54, 1.807) is 0 Å². The molecule has 3 N–H and O–H groups in total. The van der Waals surface area contributed by atoms with Gasteiger partial charge in [-0.25, -0.2) is 0 Å². The number of carbonyl (C=O) groups is 1. The molecule has 0 spiro atoms. The summed E-state index contributed by atoms with van der Waals surface area (Å²) in [4.78, 5) is 14.3. The third-order valence-electron chi connectivity index (χ3n) is 3.31. The molecule has 0 aliphatic carbocycles. The molecular weight excluding hydrogens is 250 g/mol. The Morgan fingerprint density at radius 3 is 2.70 bits per heavy atom. The van der Waals surface area contributed by atoms with Gasteiger partial charge in [0.1, 0.15) is 0 Å². The number of nitrogens with zero attached hydrogens (tertiary/aromatic N) is 1. The van der Waals surface area contributed by atoms with E-state index in [9.17, 15) is 4.79 Å². The standard InChI is InChI=1S/C16H27N3O/c1-4-9-19(13(2)3)10-8-16(20)18-15-7-5-6-14(11-15)12-17/h5-7,11,13H,4,8-10,12,17H2,1-3H3,(H,18,20). The molecule has 0 unspecified atom stereocenters. The van der Waals surface area contributed by atoms with Crippen LogP contribution in [0.15, 0.2) is 24.3 Å². The summed E-state index contributed by atoms with van der Waals surface area (Å²) >= 11 is 0. The molecule has 0 atom stereocenters. The number of benzene rings is 1. The molecule has 0 aliphatic rings. The Kier molecular flexibility index (Phi) is 7.26. The van der Waals surface area contributed by atoms with Crippen molar-refractivity contribution in [3.8, 4) is 0 Å². The monoisotopic (exact) mass is 277 g/mol. The average molecular weight is 277 g/mol. The van der Waals surface area contributed by atoms with Crippen LogP contribution in [0.25, 0.3) is 0 Å². The summed E-state index contributed by atoms with van der Waals surface area (Å²) < 4.78 is 0. The highest BCUT2D eigenvalue weighted by molar-refractivity contribution is 5.90. The van der Waals surface area contributed by atoms with Crippen LogP contribution in [0.4, 0.5) is 5.69 Å². The molecule has 0 saturated heterocycles. The zero-order valence-electron chi connectivity index (χ0n) is 12.9. The number of rotatable bonds is 8. The summed E-state index contributed by atoms with van der Waals surface area (Å²) in [5.41, 5.74) is 7.44. The van der Waals surface area contributed by atoms with Crippen molar-refractivity contribution in [3.63, 3.8) is 0 Å². The fourth-order valence-electron chi connectivity index (χ4n) is 2.16. The number of anilines is 1. The molecular formula is C16H27N3O. The molecule has 0 heterocycles. The Morgan fingerprint density at radius 1 is 1.35 bits per heavy atom. The Hall–Kier alpha value is -1.39. The van der Waals surface area contributed by atoms with Crippen LogP contribution in [0.2, 0.25) is 0 Å². The molecule has 0 saturated carbocycles. The molecule has 1 aromatic carbocycles. The number of nitrogens with two attached hydrogens (primary N) is 1. The maximum atomic E-state index is 12.0. The first-order valence-electron chi connectivity index (χ1n) is 7.39. The molecule has 1 rings (SSSR count). The van der Waals surface area contributed by atoms with Crippen molar-refractivity contribution < 1.29 is 4.79 Å². The van der Waals surface area contributed by atoms with Gasteiger partial charge in [0.05, 0.1) is 0 Å². The van der Waals surface area contributed by atoms with Crippen LogP contribution in [-0.2, 0) is 11.3 Å². The quantitative estimate of drug-likeness (QED) is 0.768. The second-order valence-corrected chi connectivity index (χ2v) is 5.33. The van der Waals surface area contributed by atoms with Gasteiger partial charge in [-0.15, -0.1) is 0 Å². The molecule has 0 bridgehead atoms. The predicted octanol–water partition coefficient (Wildman–Crippen LogP) is 2.59.